The third-order valence-corrected chi connectivity index (χ3v) is 4.94. The summed E-state index contributed by atoms with van der Waals surface area (Å²) in [5, 5.41) is 11.0. The minimum Gasteiger partial charge on any atom is -0.353 e. The molecule has 1 unspecified atom stereocenters. The zero-order valence-electron chi connectivity index (χ0n) is 14.5. The molecular weight excluding hydrogens is 367 g/mol. The lowest BCUT2D eigenvalue weighted by Gasteiger charge is -2.16. The maximum absolute atomic E-state index is 13.8. The van der Waals surface area contributed by atoms with Crippen molar-refractivity contribution in [1.82, 2.24) is 15.5 Å². The first-order valence-electron chi connectivity index (χ1n) is 8.72. The number of aromatic amines is 1. The molecule has 138 valence electrons. The largest absolute Gasteiger partial charge is 0.353 e. The number of halogens is 2. The number of carbonyl (C=O) groups is 1. The molecule has 0 bridgehead atoms. The van der Waals surface area contributed by atoms with Crippen molar-refractivity contribution < 1.29 is 9.18 Å². The highest BCUT2D eigenvalue weighted by Crippen LogP contribution is 2.25. The van der Waals surface area contributed by atoms with E-state index in [1.54, 1.807) is 12.1 Å². The highest BCUT2D eigenvalue weighted by atomic mass is 35.5. The standard InChI is InChI=1S/C20H18ClFN4O/c21-14-7-5-13(6-8-14)18-11-19(25-24-18)26-10-9-15(12-26)23-20(27)16-3-1-2-4-17(16)22/h1-8,11,15H,9-10,12H2,(H,23,27)(H,24,25). The molecule has 0 radical (unpaired) electrons. The summed E-state index contributed by atoms with van der Waals surface area (Å²) in [6.07, 6.45) is 0.781. The molecule has 5 nitrogen and oxygen atoms in total. The Morgan fingerprint density at radius 3 is 2.78 bits per heavy atom. The first-order valence-corrected chi connectivity index (χ1v) is 9.09. The summed E-state index contributed by atoms with van der Waals surface area (Å²) < 4.78 is 13.8. The smallest absolute Gasteiger partial charge is 0.254 e. The molecule has 4 rings (SSSR count). The number of hydrogen-bond acceptors (Lipinski definition) is 3. The molecule has 27 heavy (non-hydrogen) atoms. The van der Waals surface area contributed by atoms with Crippen LogP contribution in [-0.2, 0) is 0 Å². The molecule has 2 N–H and O–H groups in total. The van der Waals surface area contributed by atoms with E-state index in [4.69, 9.17) is 11.6 Å². The Morgan fingerprint density at radius 1 is 1.22 bits per heavy atom. The van der Waals surface area contributed by atoms with Gasteiger partial charge in [-0.1, -0.05) is 35.9 Å². The minimum atomic E-state index is -0.509. The summed E-state index contributed by atoms with van der Waals surface area (Å²) in [5.41, 5.74) is 1.98. The molecule has 2 aromatic carbocycles. The summed E-state index contributed by atoms with van der Waals surface area (Å²) >= 11 is 5.93. The highest BCUT2D eigenvalue weighted by Gasteiger charge is 2.26. The fourth-order valence-electron chi connectivity index (χ4n) is 3.25. The Bertz CT molecular complexity index is 957. The van der Waals surface area contributed by atoms with Gasteiger partial charge < -0.3 is 10.2 Å². The van der Waals surface area contributed by atoms with Crippen LogP contribution in [0.25, 0.3) is 11.3 Å². The van der Waals surface area contributed by atoms with Gasteiger partial charge >= 0.3 is 0 Å². The van der Waals surface area contributed by atoms with Gasteiger partial charge in [-0.15, -0.1) is 0 Å². The molecule has 1 atom stereocenters. The predicted molar refractivity (Wildman–Crippen MR) is 104 cm³/mol. The van der Waals surface area contributed by atoms with Crippen LogP contribution >= 0.6 is 11.6 Å². The maximum atomic E-state index is 13.8. The number of nitrogens with zero attached hydrogens (tertiary/aromatic N) is 2. The summed E-state index contributed by atoms with van der Waals surface area (Å²) in [7, 11) is 0. The summed E-state index contributed by atoms with van der Waals surface area (Å²) in [5.74, 6) is -0.0730. The summed E-state index contributed by atoms with van der Waals surface area (Å²) in [4.78, 5) is 14.4. The Hall–Kier alpha value is -2.86. The molecule has 0 aliphatic carbocycles. The molecular formula is C20H18ClFN4O. The second-order valence-electron chi connectivity index (χ2n) is 6.53. The lowest BCUT2D eigenvalue weighted by Crippen LogP contribution is -2.37. The number of H-pyrrole nitrogens is 1. The van der Waals surface area contributed by atoms with Crippen molar-refractivity contribution in [1.29, 1.82) is 0 Å². The fourth-order valence-corrected chi connectivity index (χ4v) is 3.37. The number of rotatable bonds is 4. The van der Waals surface area contributed by atoms with Crippen molar-refractivity contribution in [2.45, 2.75) is 12.5 Å². The molecule has 0 spiro atoms. The molecule has 3 aromatic rings. The quantitative estimate of drug-likeness (QED) is 0.717. The number of anilines is 1. The summed E-state index contributed by atoms with van der Waals surface area (Å²) in [6.45, 7) is 1.40. The maximum Gasteiger partial charge on any atom is 0.254 e. The van der Waals surface area contributed by atoms with Gasteiger partial charge in [0.05, 0.1) is 11.3 Å². The van der Waals surface area contributed by atoms with E-state index in [0.717, 1.165) is 30.0 Å². The second kappa shape index (κ2) is 7.40. The monoisotopic (exact) mass is 384 g/mol. The van der Waals surface area contributed by atoms with Crippen molar-refractivity contribution >= 4 is 23.3 Å². The van der Waals surface area contributed by atoms with Crippen LogP contribution in [0.1, 0.15) is 16.8 Å². The molecule has 1 aromatic heterocycles. The number of nitrogens with one attached hydrogen (secondary N) is 2. The molecule has 1 aliphatic heterocycles. The van der Waals surface area contributed by atoms with Crippen LogP contribution in [0.5, 0.6) is 0 Å². The molecule has 1 saturated heterocycles. The SMILES string of the molecule is O=C(NC1CCN(c2cc(-c3ccc(Cl)cc3)[nH]n2)C1)c1ccccc1F. The normalized spacial score (nSPS) is 16.5. The zero-order chi connectivity index (χ0) is 18.8. The van der Waals surface area contributed by atoms with E-state index in [0.29, 0.717) is 11.6 Å². The molecule has 1 fully saturated rings. The number of carbonyl (C=O) groups excluding carboxylic acids is 1. The van der Waals surface area contributed by atoms with E-state index in [-0.39, 0.29) is 17.5 Å². The molecule has 2 heterocycles. The van der Waals surface area contributed by atoms with Crippen molar-refractivity contribution in [3.05, 3.63) is 71.0 Å². The van der Waals surface area contributed by atoms with Gasteiger partial charge in [0, 0.05) is 30.2 Å². The molecule has 1 amide bonds. The van der Waals surface area contributed by atoms with Gasteiger partial charge in [0.15, 0.2) is 5.82 Å². The number of amides is 1. The van der Waals surface area contributed by atoms with E-state index < -0.39 is 5.82 Å². The van der Waals surface area contributed by atoms with E-state index in [9.17, 15) is 9.18 Å². The minimum absolute atomic E-state index is 0.0483. The van der Waals surface area contributed by atoms with Crippen molar-refractivity contribution in [3.8, 4) is 11.3 Å². The Morgan fingerprint density at radius 2 is 2.00 bits per heavy atom. The average molecular weight is 385 g/mol. The summed E-state index contributed by atoms with van der Waals surface area (Å²) in [6, 6.07) is 15.5. The Kier molecular flexibility index (Phi) is 4.81. The first-order chi connectivity index (χ1) is 13.1. The van der Waals surface area contributed by atoms with E-state index in [2.05, 4.69) is 20.4 Å². The van der Waals surface area contributed by atoms with Crippen LogP contribution in [-0.4, -0.2) is 35.2 Å². The van der Waals surface area contributed by atoms with Crippen molar-refractivity contribution in [2.24, 2.45) is 0 Å². The number of hydrogen-bond donors (Lipinski definition) is 2. The van der Waals surface area contributed by atoms with Crippen LogP contribution in [0.2, 0.25) is 5.02 Å². The van der Waals surface area contributed by atoms with Gasteiger partial charge in [0.25, 0.3) is 5.91 Å². The fraction of sp³-hybridized carbons (Fsp3) is 0.200. The van der Waals surface area contributed by atoms with Gasteiger partial charge in [0.2, 0.25) is 0 Å². The van der Waals surface area contributed by atoms with E-state index in [1.165, 1.54) is 12.1 Å². The number of benzene rings is 2. The van der Waals surface area contributed by atoms with Crippen LogP contribution in [0.15, 0.2) is 54.6 Å². The molecule has 1 aliphatic rings. The number of aromatic nitrogens is 2. The van der Waals surface area contributed by atoms with E-state index in [1.807, 2.05) is 30.3 Å². The van der Waals surface area contributed by atoms with Crippen molar-refractivity contribution in [2.75, 3.05) is 18.0 Å². The predicted octanol–water partition coefficient (Wildman–Crippen LogP) is 3.88. The average Bonchev–Trinajstić information content (AvgIpc) is 3.32. The molecule has 0 saturated carbocycles. The van der Waals surface area contributed by atoms with Crippen LogP contribution in [0, 0.1) is 5.82 Å². The van der Waals surface area contributed by atoms with Gasteiger partial charge in [-0.05, 0) is 36.2 Å². The molecule has 7 heteroatoms. The van der Waals surface area contributed by atoms with Gasteiger partial charge in [-0.25, -0.2) is 4.39 Å². The van der Waals surface area contributed by atoms with E-state index >= 15 is 0 Å². The van der Waals surface area contributed by atoms with Crippen LogP contribution < -0.4 is 10.2 Å². The third-order valence-electron chi connectivity index (χ3n) is 4.69. The topological polar surface area (TPSA) is 61.0 Å². The van der Waals surface area contributed by atoms with Gasteiger partial charge in [0.1, 0.15) is 5.82 Å². The zero-order valence-corrected chi connectivity index (χ0v) is 15.2. The van der Waals surface area contributed by atoms with Gasteiger partial charge in [-0.3, -0.25) is 9.89 Å². The lowest BCUT2D eigenvalue weighted by atomic mass is 10.1. The van der Waals surface area contributed by atoms with Crippen LogP contribution in [0.4, 0.5) is 10.2 Å². The first kappa shape index (κ1) is 17.5. The highest BCUT2D eigenvalue weighted by molar-refractivity contribution is 6.30. The van der Waals surface area contributed by atoms with Crippen LogP contribution in [0.3, 0.4) is 0 Å². The third kappa shape index (κ3) is 3.80. The van der Waals surface area contributed by atoms with Crippen molar-refractivity contribution in [3.63, 3.8) is 0 Å². The van der Waals surface area contributed by atoms with Gasteiger partial charge in [-0.2, -0.15) is 5.10 Å². The Labute approximate surface area is 161 Å². The second-order valence-corrected chi connectivity index (χ2v) is 6.97. The lowest BCUT2D eigenvalue weighted by molar-refractivity contribution is 0.0936. The Balaban J connectivity index is 1.40.